The predicted octanol–water partition coefficient (Wildman–Crippen LogP) is 4.81. The quantitative estimate of drug-likeness (QED) is 0.363. The first-order valence-electron chi connectivity index (χ1n) is 12.2. The Morgan fingerprint density at radius 1 is 1.08 bits per heavy atom. The van der Waals surface area contributed by atoms with Crippen LogP contribution < -0.4 is 9.64 Å². The predicted molar refractivity (Wildman–Crippen MR) is 139 cm³/mol. The highest BCUT2D eigenvalue weighted by molar-refractivity contribution is 5.97. The number of aromatic nitrogens is 4. The lowest BCUT2D eigenvalue weighted by Gasteiger charge is -2.35. The Balaban J connectivity index is 1.46. The molecule has 2 aromatic heterocycles. The minimum absolute atomic E-state index is 0.0699. The zero-order valence-corrected chi connectivity index (χ0v) is 21.4. The Kier molecular flexibility index (Phi) is 6.45. The number of carbonyl (C=O) groups excluding carboxylic acids is 1. The molecule has 0 N–H and O–H groups in total. The summed E-state index contributed by atoms with van der Waals surface area (Å²) in [5, 5.41) is 0. The summed E-state index contributed by atoms with van der Waals surface area (Å²) >= 11 is 0. The lowest BCUT2D eigenvalue weighted by molar-refractivity contribution is -0.00573. The van der Waals surface area contributed by atoms with Gasteiger partial charge >= 0.3 is 0 Å². The van der Waals surface area contributed by atoms with Gasteiger partial charge in [0, 0.05) is 32.1 Å². The molecule has 2 aromatic carbocycles. The Labute approximate surface area is 210 Å². The molecule has 1 aliphatic rings. The number of benzene rings is 2. The largest absolute Gasteiger partial charge is 0.437 e. The van der Waals surface area contributed by atoms with Gasteiger partial charge in [0.25, 0.3) is 5.88 Å². The van der Waals surface area contributed by atoms with E-state index in [2.05, 4.69) is 23.7 Å². The maximum absolute atomic E-state index is 12.9. The number of fused-ring (bicyclic) bond motifs is 1. The van der Waals surface area contributed by atoms with Crippen LogP contribution in [0.1, 0.15) is 40.9 Å². The Bertz CT molecular complexity index is 1420. The van der Waals surface area contributed by atoms with Crippen LogP contribution >= 0.6 is 0 Å². The standard InChI is InChI=1S/C28H31N5O3/c1-17-7-6-8-22(11-17)23(34)12-21-10-9-18(2)24(13-21)36-27-25-26(32(5)16-29-25)30-28(31-27)33-14-19(3)35-20(4)15-33/h6-11,13,16,19-20H,12,14-15H2,1-5H3. The summed E-state index contributed by atoms with van der Waals surface area (Å²) in [6.45, 7) is 9.46. The van der Waals surface area contributed by atoms with E-state index in [0.29, 0.717) is 47.4 Å². The average molecular weight is 486 g/mol. The lowest BCUT2D eigenvalue weighted by Crippen LogP contribution is -2.46. The van der Waals surface area contributed by atoms with Gasteiger partial charge in [-0.05, 0) is 51.0 Å². The summed E-state index contributed by atoms with van der Waals surface area (Å²) in [7, 11) is 1.91. The van der Waals surface area contributed by atoms with E-state index in [4.69, 9.17) is 19.4 Å². The van der Waals surface area contributed by atoms with E-state index in [1.54, 1.807) is 6.33 Å². The van der Waals surface area contributed by atoms with Gasteiger partial charge in [0.05, 0.1) is 18.5 Å². The summed E-state index contributed by atoms with van der Waals surface area (Å²) in [5.41, 5.74) is 4.89. The van der Waals surface area contributed by atoms with E-state index in [0.717, 1.165) is 16.7 Å². The minimum atomic E-state index is 0.0699. The van der Waals surface area contributed by atoms with Crippen LogP contribution in [0.5, 0.6) is 11.6 Å². The highest BCUT2D eigenvalue weighted by atomic mass is 16.5. The molecule has 5 rings (SSSR count). The molecule has 36 heavy (non-hydrogen) atoms. The first-order valence-corrected chi connectivity index (χ1v) is 12.2. The van der Waals surface area contributed by atoms with Gasteiger partial charge in [0.2, 0.25) is 5.95 Å². The molecule has 0 radical (unpaired) electrons. The van der Waals surface area contributed by atoms with Crippen molar-refractivity contribution in [2.75, 3.05) is 18.0 Å². The van der Waals surface area contributed by atoms with Crippen molar-refractivity contribution in [3.05, 3.63) is 71.0 Å². The van der Waals surface area contributed by atoms with Crippen LogP contribution in [0.25, 0.3) is 11.2 Å². The number of aryl methyl sites for hydroxylation is 3. The number of ether oxygens (including phenoxy) is 2. The number of Topliss-reactive ketones (excluding diaryl/α,β-unsaturated/α-hetero) is 1. The third-order valence-corrected chi connectivity index (χ3v) is 6.38. The Hall–Kier alpha value is -3.78. The summed E-state index contributed by atoms with van der Waals surface area (Å²) in [5.74, 6) is 1.70. The van der Waals surface area contributed by atoms with E-state index in [9.17, 15) is 4.79 Å². The maximum atomic E-state index is 12.9. The highest BCUT2D eigenvalue weighted by Crippen LogP contribution is 2.32. The van der Waals surface area contributed by atoms with Crippen LogP contribution in [0.4, 0.5) is 5.95 Å². The highest BCUT2D eigenvalue weighted by Gasteiger charge is 2.26. The molecular formula is C28H31N5O3. The van der Waals surface area contributed by atoms with Crippen molar-refractivity contribution in [3.63, 3.8) is 0 Å². The number of morpholine rings is 1. The minimum Gasteiger partial charge on any atom is -0.437 e. The molecule has 8 heteroatoms. The van der Waals surface area contributed by atoms with Gasteiger partial charge in [-0.3, -0.25) is 4.79 Å². The second-order valence-corrected chi connectivity index (χ2v) is 9.69. The molecule has 1 fully saturated rings. The van der Waals surface area contributed by atoms with Crippen LogP contribution in [-0.4, -0.2) is 50.6 Å². The van der Waals surface area contributed by atoms with Crippen LogP contribution in [0.2, 0.25) is 0 Å². The van der Waals surface area contributed by atoms with E-state index in [1.165, 1.54) is 0 Å². The average Bonchev–Trinajstić information content (AvgIpc) is 3.21. The van der Waals surface area contributed by atoms with Crippen molar-refractivity contribution in [2.24, 2.45) is 7.05 Å². The number of nitrogens with zero attached hydrogens (tertiary/aromatic N) is 5. The van der Waals surface area contributed by atoms with Gasteiger partial charge in [0.15, 0.2) is 16.9 Å². The molecule has 1 aliphatic heterocycles. The molecule has 8 nitrogen and oxygen atoms in total. The van der Waals surface area contributed by atoms with Crippen molar-refractivity contribution in [1.82, 2.24) is 19.5 Å². The molecule has 2 unspecified atom stereocenters. The Morgan fingerprint density at radius 2 is 1.86 bits per heavy atom. The lowest BCUT2D eigenvalue weighted by atomic mass is 10.0. The van der Waals surface area contributed by atoms with Crippen molar-refractivity contribution < 1.29 is 14.3 Å². The van der Waals surface area contributed by atoms with E-state index >= 15 is 0 Å². The van der Waals surface area contributed by atoms with Crippen molar-refractivity contribution in [2.45, 2.75) is 46.3 Å². The van der Waals surface area contributed by atoms with E-state index in [-0.39, 0.29) is 24.4 Å². The SMILES string of the molecule is Cc1cccc(C(=O)Cc2ccc(C)c(Oc3nc(N4CC(C)OC(C)C4)nc4c3ncn4C)c2)c1. The van der Waals surface area contributed by atoms with Gasteiger partial charge in [-0.2, -0.15) is 9.97 Å². The molecule has 2 atom stereocenters. The molecular weight excluding hydrogens is 454 g/mol. The number of rotatable bonds is 6. The number of hydrogen-bond acceptors (Lipinski definition) is 7. The van der Waals surface area contributed by atoms with Gasteiger partial charge < -0.3 is 18.9 Å². The van der Waals surface area contributed by atoms with Crippen LogP contribution in [0.15, 0.2) is 48.8 Å². The van der Waals surface area contributed by atoms with Crippen molar-refractivity contribution in [3.8, 4) is 11.6 Å². The molecule has 186 valence electrons. The topological polar surface area (TPSA) is 82.4 Å². The Morgan fingerprint density at radius 3 is 2.61 bits per heavy atom. The van der Waals surface area contributed by atoms with Crippen LogP contribution in [-0.2, 0) is 18.2 Å². The molecule has 0 amide bonds. The maximum Gasteiger partial charge on any atom is 0.252 e. The second-order valence-electron chi connectivity index (χ2n) is 9.69. The van der Waals surface area contributed by atoms with E-state index in [1.807, 2.05) is 67.9 Å². The summed E-state index contributed by atoms with van der Waals surface area (Å²) < 4.78 is 14.1. The van der Waals surface area contributed by atoms with Gasteiger partial charge in [0.1, 0.15) is 5.75 Å². The first kappa shape index (κ1) is 23.9. The fraction of sp³-hybridized carbons (Fsp3) is 0.357. The molecule has 1 saturated heterocycles. The van der Waals surface area contributed by atoms with Gasteiger partial charge in [-0.15, -0.1) is 0 Å². The molecule has 0 aliphatic carbocycles. The van der Waals surface area contributed by atoms with E-state index < -0.39 is 0 Å². The molecule has 0 bridgehead atoms. The fourth-order valence-corrected chi connectivity index (χ4v) is 4.60. The third kappa shape index (κ3) is 4.95. The monoisotopic (exact) mass is 485 g/mol. The second kappa shape index (κ2) is 9.70. The van der Waals surface area contributed by atoms with Crippen LogP contribution in [0.3, 0.4) is 0 Å². The van der Waals surface area contributed by atoms with Crippen LogP contribution in [0, 0.1) is 13.8 Å². The number of ketones is 1. The number of hydrogen-bond donors (Lipinski definition) is 0. The first-order chi connectivity index (χ1) is 17.3. The summed E-state index contributed by atoms with van der Waals surface area (Å²) in [6.07, 6.45) is 2.16. The number of anilines is 1. The fourth-order valence-electron chi connectivity index (χ4n) is 4.60. The van der Waals surface area contributed by atoms with Gasteiger partial charge in [-0.1, -0.05) is 35.9 Å². The summed E-state index contributed by atoms with van der Waals surface area (Å²) in [4.78, 5) is 29.1. The molecule has 0 saturated carbocycles. The van der Waals surface area contributed by atoms with Crippen molar-refractivity contribution >= 4 is 22.9 Å². The van der Waals surface area contributed by atoms with Crippen molar-refractivity contribution in [1.29, 1.82) is 0 Å². The molecule has 3 heterocycles. The zero-order valence-electron chi connectivity index (χ0n) is 21.4. The third-order valence-electron chi connectivity index (χ3n) is 6.38. The van der Waals surface area contributed by atoms with Gasteiger partial charge in [-0.25, -0.2) is 4.98 Å². The normalized spacial score (nSPS) is 18.0. The molecule has 4 aromatic rings. The summed E-state index contributed by atoms with van der Waals surface area (Å²) in [6, 6.07) is 13.5. The number of imidazole rings is 1. The molecule has 0 spiro atoms. The number of carbonyl (C=O) groups is 1. The smallest absolute Gasteiger partial charge is 0.252 e. The zero-order chi connectivity index (χ0) is 25.4.